The van der Waals surface area contributed by atoms with Crippen molar-refractivity contribution in [2.24, 2.45) is 10.7 Å². The van der Waals surface area contributed by atoms with Gasteiger partial charge in [0, 0.05) is 16.4 Å². The molecule has 1 aliphatic rings. The number of hydrogen-bond acceptors (Lipinski definition) is 1. The van der Waals surface area contributed by atoms with Crippen LogP contribution in [-0.4, -0.2) is 18.5 Å². The average Bonchev–Trinajstić information content (AvgIpc) is 3.07. The van der Waals surface area contributed by atoms with Crippen LogP contribution in [0.2, 0.25) is 0 Å². The topological polar surface area (TPSA) is 50.4 Å². The van der Waals surface area contributed by atoms with Crippen molar-refractivity contribution in [3.05, 3.63) is 46.5 Å². The summed E-state index contributed by atoms with van der Waals surface area (Å²) in [6.45, 7) is 6.33. The zero-order valence-corrected chi connectivity index (χ0v) is 14.8. The summed E-state index contributed by atoms with van der Waals surface area (Å²) < 4.78 is 1.11. The molecule has 1 aromatic rings. The quantitative estimate of drug-likeness (QED) is 0.329. The van der Waals surface area contributed by atoms with Crippen molar-refractivity contribution >= 4 is 45.9 Å². The van der Waals surface area contributed by atoms with E-state index in [-0.39, 0.29) is 24.0 Å². The van der Waals surface area contributed by atoms with Crippen LogP contribution < -0.4 is 11.1 Å². The second-order valence-electron chi connectivity index (χ2n) is 4.80. The molecule has 1 aliphatic carbocycles. The zero-order valence-electron chi connectivity index (χ0n) is 10.9. The molecule has 1 saturated carbocycles. The summed E-state index contributed by atoms with van der Waals surface area (Å²) in [5.41, 5.74) is 8.18. The molecule has 0 amide bonds. The van der Waals surface area contributed by atoms with Crippen LogP contribution in [0.5, 0.6) is 0 Å². The highest BCUT2D eigenvalue weighted by atomic mass is 127. The summed E-state index contributed by atoms with van der Waals surface area (Å²) in [5, 5.41) is 3.25. The van der Waals surface area contributed by atoms with Crippen molar-refractivity contribution in [1.82, 2.24) is 5.32 Å². The van der Waals surface area contributed by atoms with Gasteiger partial charge in [-0.25, -0.2) is 4.99 Å². The van der Waals surface area contributed by atoms with Crippen LogP contribution in [0, 0.1) is 0 Å². The van der Waals surface area contributed by atoms with Crippen LogP contribution in [-0.2, 0) is 0 Å². The molecule has 0 heterocycles. The Kier molecular flexibility index (Phi) is 6.32. The second kappa shape index (κ2) is 7.28. The lowest BCUT2D eigenvalue weighted by atomic mass is 10.1. The first-order valence-corrected chi connectivity index (χ1v) is 6.82. The molecule has 0 radical (unpaired) electrons. The molecule has 1 aromatic carbocycles. The molecular weight excluding hydrogens is 417 g/mol. The van der Waals surface area contributed by atoms with E-state index in [1.54, 1.807) is 0 Å². The minimum absolute atomic E-state index is 0. The number of hydrogen-bond donors (Lipinski definition) is 2. The number of nitrogens with one attached hydrogen (secondary N) is 1. The maximum Gasteiger partial charge on any atom is 0.189 e. The molecule has 2 atom stereocenters. The summed E-state index contributed by atoms with van der Waals surface area (Å²) in [6.07, 6.45) is 1.12. The normalized spacial score (nSPS) is 21.5. The monoisotopic (exact) mass is 435 g/mol. The minimum atomic E-state index is 0. The molecule has 104 valence electrons. The Morgan fingerprint density at radius 2 is 2.11 bits per heavy atom. The van der Waals surface area contributed by atoms with Gasteiger partial charge in [0.25, 0.3) is 0 Å². The van der Waals surface area contributed by atoms with Crippen LogP contribution in [0.3, 0.4) is 0 Å². The minimum Gasteiger partial charge on any atom is -0.370 e. The number of rotatable bonds is 4. The maximum atomic E-state index is 5.82. The Hall–Kier alpha value is -0.560. The van der Waals surface area contributed by atoms with E-state index in [9.17, 15) is 0 Å². The summed E-state index contributed by atoms with van der Waals surface area (Å²) in [6, 6.07) is 8.86. The van der Waals surface area contributed by atoms with E-state index in [1.165, 1.54) is 5.56 Å². The fourth-order valence-corrected chi connectivity index (χ4v) is 2.15. The summed E-state index contributed by atoms with van der Waals surface area (Å²) >= 11 is 3.44. The molecule has 2 rings (SSSR count). The number of aliphatic imine (C=N–C) groups is 1. The molecule has 0 aliphatic heterocycles. The van der Waals surface area contributed by atoms with Crippen molar-refractivity contribution < 1.29 is 0 Å². The average molecular weight is 436 g/mol. The predicted molar refractivity (Wildman–Crippen MR) is 95.1 cm³/mol. The van der Waals surface area contributed by atoms with Gasteiger partial charge in [0.2, 0.25) is 0 Å². The summed E-state index contributed by atoms with van der Waals surface area (Å²) in [7, 11) is 0. The lowest BCUT2D eigenvalue weighted by Gasteiger charge is -2.05. The van der Waals surface area contributed by atoms with Crippen LogP contribution in [0.1, 0.15) is 24.8 Å². The Bertz CT molecular complexity index is 470. The number of benzene rings is 1. The first kappa shape index (κ1) is 16.5. The van der Waals surface area contributed by atoms with Gasteiger partial charge in [-0.2, -0.15) is 0 Å². The van der Waals surface area contributed by atoms with Crippen molar-refractivity contribution in [3.8, 4) is 0 Å². The molecular formula is C14H19BrIN3. The van der Waals surface area contributed by atoms with Crippen LogP contribution in [0.25, 0.3) is 0 Å². The van der Waals surface area contributed by atoms with E-state index >= 15 is 0 Å². The van der Waals surface area contributed by atoms with Crippen molar-refractivity contribution in [2.45, 2.75) is 25.3 Å². The Morgan fingerprint density at radius 3 is 2.68 bits per heavy atom. The SMILES string of the molecule is C=C(C)CN=C(N)NC1CC1c1ccc(Br)cc1.I. The smallest absolute Gasteiger partial charge is 0.189 e. The van der Waals surface area contributed by atoms with Gasteiger partial charge in [0.05, 0.1) is 6.54 Å². The van der Waals surface area contributed by atoms with Gasteiger partial charge in [-0.3, -0.25) is 0 Å². The molecule has 5 heteroatoms. The number of nitrogens with two attached hydrogens (primary N) is 1. The van der Waals surface area contributed by atoms with Gasteiger partial charge < -0.3 is 11.1 Å². The number of guanidine groups is 1. The molecule has 0 bridgehead atoms. The van der Waals surface area contributed by atoms with Gasteiger partial charge in [-0.05, 0) is 31.0 Å². The van der Waals surface area contributed by atoms with Gasteiger partial charge in [0.15, 0.2) is 5.96 Å². The van der Waals surface area contributed by atoms with Crippen LogP contribution in [0.4, 0.5) is 0 Å². The molecule has 3 N–H and O–H groups in total. The summed E-state index contributed by atoms with van der Waals surface area (Å²) in [5.74, 6) is 1.07. The van der Waals surface area contributed by atoms with E-state index in [1.807, 2.05) is 6.92 Å². The second-order valence-corrected chi connectivity index (χ2v) is 5.72. The largest absolute Gasteiger partial charge is 0.370 e. The fourth-order valence-electron chi connectivity index (χ4n) is 1.89. The van der Waals surface area contributed by atoms with Gasteiger partial charge in [0.1, 0.15) is 0 Å². The number of nitrogens with zero attached hydrogens (tertiary/aromatic N) is 1. The lowest BCUT2D eigenvalue weighted by molar-refractivity contribution is 0.852. The van der Waals surface area contributed by atoms with Crippen molar-refractivity contribution in [2.75, 3.05) is 6.54 Å². The molecule has 0 aromatic heterocycles. The third-order valence-electron chi connectivity index (χ3n) is 2.94. The molecule has 2 unspecified atom stereocenters. The van der Waals surface area contributed by atoms with Gasteiger partial charge in [-0.15, -0.1) is 24.0 Å². The van der Waals surface area contributed by atoms with E-state index in [2.05, 4.69) is 57.1 Å². The van der Waals surface area contributed by atoms with E-state index in [0.29, 0.717) is 24.5 Å². The third-order valence-corrected chi connectivity index (χ3v) is 3.47. The van der Waals surface area contributed by atoms with E-state index in [0.717, 1.165) is 16.5 Å². The van der Waals surface area contributed by atoms with Crippen LogP contribution >= 0.6 is 39.9 Å². The standard InChI is InChI=1S/C14H18BrN3.HI/c1-9(2)8-17-14(16)18-13-7-12(13)10-3-5-11(15)6-4-10;/h3-6,12-13H,1,7-8H2,2H3,(H3,16,17,18);1H. The van der Waals surface area contributed by atoms with Gasteiger partial charge >= 0.3 is 0 Å². The predicted octanol–water partition coefficient (Wildman–Crippen LogP) is 3.40. The molecule has 19 heavy (non-hydrogen) atoms. The van der Waals surface area contributed by atoms with E-state index in [4.69, 9.17) is 5.73 Å². The van der Waals surface area contributed by atoms with Crippen molar-refractivity contribution in [1.29, 1.82) is 0 Å². The van der Waals surface area contributed by atoms with E-state index < -0.39 is 0 Å². The lowest BCUT2D eigenvalue weighted by Crippen LogP contribution is -2.34. The van der Waals surface area contributed by atoms with Crippen LogP contribution in [0.15, 0.2) is 45.9 Å². The summed E-state index contributed by atoms with van der Waals surface area (Å²) in [4.78, 5) is 4.22. The highest BCUT2D eigenvalue weighted by Gasteiger charge is 2.38. The number of halogens is 2. The molecule has 3 nitrogen and oxygen atoms in total. The molecule has 0 saturated heterocycles. The first-order chi connectivity index (χ1) is 8.56. The highest BCUT2D eigenvalue weighted by Crippen LogP contribution is 2.40. The molecule has 1 fully saturated rings. The molecule has 0 spiro atoms. The highest BCUT2D eigenvalue weighted by molar-refractivity contribution is 14.0. The van der Waals surface area contributed by atoms with Crippen molar-refractivity contribution in [3.63, 3.8) is 0 Å². The fraction of sp³-hybridized carbons (Fsp3) is 0.357. The zero-order chi connectivity index (χ0) is 13.1. The Labute approximate surface area is 139 Å². The maximum absolute atomic E-state index is 5.82. The Morgan fingerprint density at radius 1 is 1.47 bits per heavy atom. The first-order valence-electron chi connectivity index (χ1n) is 6.02. The van der Waals surface area contributed by atoms with Gasteiger partial charge in [-0.1, -0.05) is 40.2 Å². The Balaban J connectivity index is 0.00000180. The third kappa shape index (κ3) is 5.14.